The van der Waals surface area contributed by atoms with Crippen molar-refractivity contribution < 1.29 is 4.79 Å². The van der Waals surface area contributed by atoms with E-state index in [1.165, 1.54) is 28.6 Å². The molecule has 0 saturated carbocycles. The number of aryl methyl sites for hydroxylation is 1. The molecule has 0 atom stereocenters. The number of anilines is 2. The minimum atomic E-state index is -0.0865. The van der Waals surface area contributed by atoms with Crippen LogP contribution >= 0.6 is 27.3 Å². The van der Waals surface area contributed by atoms with Gasteiger partial charge in [-0.05, 0) is 53.6 Å². The smallest absolute Gasteiger partial charge is 0.230 e. The van der Waals surface area contributed by atoms with Gasteiger partial charge in [0, 0.05) is 22.3 Å². The first-order valence-electron chi connectivity index (χ1n) is 9.41. The second-order valence-corrected chi connectivity index (χ2v) is 8.40. The second-order valence-electron chi connectivity index (χ2n) is 6.65. The molecule has 0 bridgehead atoms. The first kappa shape index (κ1) is 20.4. The molecule has 0 unspecified atom stereocenters. The van der Waals surface area contributed by atoms with E-state index >= 15 is 0 Å². The Hall–Kier alpha value is -2.91. The Morgan fingerprint density at radius 3 is 2.53 bits per heavy atom. The van der Waals surface area contributed by atoms with Crippen molar-refractivity contribution in [3.63, 3.8) is 0 Å². The highest BCUT2D eigenvalue weighted by molar-refractivity contribution is 9.10. The van der Waals surface area contributed by atoms with Gasteiger partial charge < -0.3 is 0 Å². The number of thiazole rings is 1. The van der Waals surface area contributed by atoms with Crippen molar-refractivity contribution in [1.82, 2.24) is 25.2 Å². The molecule has 0 aliphatic rings. The largest absolute Gasteiger partial charge is 0.274 e. The molecule has 9 heteroatoms. The summed E-state index contributed by atoms with van der Waals surface area (Å²) >= 11 is 4.83. The van der Waals surface area contributed by atoms with Crippen LogP contribution < -0.4 is 4.90 Å². The van der Waals surface area contributed by atoms with Crippen LogP contribution in [0.3, 0.4) is 0 Å². The third kappa shape index (κ3) is 4.47. The molecular formula is C21H19BrN6OS. The maximum absolute atomic E-state index is 12.3. The molecule has 0 saturated heterocycles. The molecule has 2 aromatic carbocycles. The Kier molecular flexibility index (Phi) is 6.01. The van der Waals surface area contributed by atoms with Crippen molar-refractivity contribution in [2.24, 2.45) is 0 Å². The summed E-state index contributed by atoms with van der Waals surface area (Å²) in [6.45, 7) is 4.02. The second kappa shape index (κ2) is 8.85. The molecule has 0 aliphatic carbocycles. The lowest BCUT2D eigenvalue weighted by atomic mass is 10.1. The van der Waals surface area contributed by atoms with Crippen LogP contribution in [0.4, 0.5) is 10.8 Å². The SMILES string of the molecule is CCc1ccc(N(C(C)=O)c2nc(Cn3nnc(-c4ccc(Br)cc4)n3)cs2)cc1. The first-order chi connectivity index (χ1) is 14.5. The molecule has 7 nitrogen and oxygen atoms in total. The first-order valence-corrected chi connectivity index (χ1v) is 11.1. The molecule has 4 rings (SSSR count). The Morgan fingerprint density at radius 1 is 1.13 bits per heavy atom. The van der Waals surface area contributed by atoms with E-state index in [4.69, 9.17) is 0 Å². The highest BCUT2D eigenvalue weighted by Gasteiger charge is 2.18. The molecule has 0 radical (unpaired) electrons. The minimum Gasteiger partial charge on any atom is -0.274 e. The fourth-order valence-electron chi connectivity index (χ4n) is 2.95. The zero-order chi connectivity index (χ0) is 21.1. The van der Waals surface area contributed by atoms with Crippen molar-refractivity contribution >= 4 is 44.0 Å². The number of tetrazole rings is 1. The van der Waals surface area contributed by atoms with Crippen molar-refractivity contribution in [2.75, 3.05) is 4.90 Å². The molecule has 1 amide bonds. The van der Waals surface area contributed by atoms with E-state index in [1.807, 2.05) is 53.9 Å². The summed E-state index contributed by atoms with van der Waals surface area (Å²) in [5.74, 6) is 0.468. The minimum absolute atomic E-state index is 0.0865. The van der Waals surface area contributed by atoms with Gasteiger partial charge in [-0.15, -0.1) is 21.5 Å². The molecule has 0 N–H and O–H groups in total. The highest BCUT2D eigenvalue weighted by atomic mass is 79.9. The summed E-state index contributed by atoms with van der Waals surface area (Å²) in [6, 6.07) is 15.7. The van der Waals surface area contributed by atoms with Crippen molar-refractivity contribution in [3.05, 3.63) is 69.6 Å². The molecule has 0 fully saturated rings. The zero-order valence-electron chi connectivity index (χ0n) is 16.5. The van der Waals surface area contributed by atoms with E-state index in [2.05, 4.69) is 43.2 Å². The van der Waals surface area contributed by atoms with Gasteiger partial charge in [-0.25, -0.2) is 4.98 Å². The Morgan fingerprint density at radius 2 is 1.87 bits per heavy atom. The lowest BCUT2D eigenvalue weighted by Crippen LogP contribution is -2.22. The molecule has 4 aromatic rings. The Labute approximate surface area is 186 Å². The standard InChI is InChI=1S/C21H19BrN6OS/c1-3-15-4-10-19(11-5-15)28(14(2)29)21-23-18(13-30-21)12-27-25-20(24-26-27)16-6-8-17(22)9-7-16/h4-11,13H,3,12H2,1-2H3. The van der Waals surface area contributed by atoms with E-state index in [-0.39, 0.29) is 5.91 Å². The maximum atomic E-state index is 12.3. The van der Waals surface area contributed by atoms with Crippen LogP contribution in [0.1, 0.15) is 25.1 Å². The number of halogens is 1. The number of nitrogens with zero attached hydrogens (tertiary/aromatic N) is 6. The zero-order valence-corrected chi connectivity index (χ0v) is 18.9. The summed E-state index contributed by atoms with van der Waals surface area (Å²) in [5, 5.41) is 15.2. The van der Waals surface area contributed by atoms with Crippen LogP contribution in [-0.2, 0) is 17.8 Å². The van der Waals surface area contributed by atoms with Crippen LogP contribution in [0.2, 0.25) is 0 Å². The van der Waals surface area contributed by atoms with Crippen LogP contribution in [0.5, 0.6) is 0 Å². The summed E-state index contributed by atoms with van der Waals surface area (Å²) < 4.78 is 0.994. The van der Waals surface area contributed by atoms with Crippen LogP contribution in [0, 0.1) is 0 Å². The number of aromatic nitrogens is 5. The van der Waals surface area contributed by atoms with Crippen molar-refractivity contribution in [3.8, 4) is 11.4 Å². The average molecular weight is 483 g/mol. The van der Waals surface area contributed by atoms with Gasteiger partial charge >= 0.3 is 0 Å². The van der Waals surface area contributed by atoms with E-state index in [9.17, 15) is 4.79 Å². The number of hydrogen-bond acceptors (Lipinski definition) is 6. The van der Waals surface area contributed by atoms with Gasteiger partial charge in [0.05, 0.1) is 11.4 Å². The number of hydrogen-bond donors (Lipinski definition) is 0. The van der Waals surface area contributed by atoms with E-state index in [1.54, 1.807) is 4.90 Å². The average Bonchev–Trinajstić information content (AvgIpc) is 3.39. The number of carbonyl (C=O) groups excluding carboxylic acids is 1. The molecule has 0 spiro atoms. The number of amides is 1. The van der Waals surface area contributed by atoms with Crippen molar-refractivity contribution in [1.29, 1.82) is 0 Å². The van der Waals surface area contributed by atoms with Gasteiger partial charge in [-0.2, -0.15) is 4.80 Å². The fraction of sp³-hybridized carbons (Fsp3) is 0.190. The predicted octanol–water partition coefficient (Wildman–Crippen LogP) is 4.85. The predicted molar refractivity (Wildman–Crippen MR) is 121 cm³/mol. The molecule has 30 heavy (non-hydrogen) atoms. The van der Waals surface area contributed by atoms with E-state index < -0.39 is 0 Å². The summed E-state index contributed by atoms with van der Waals surface area (Å²) in [5.41, 5.74) is 3.69. The lowest BCUT2D eigenvalue weighted by molar-refractivity contribution is -0.115. The van der Waals surface area contributed by atoms with Crippen molar-refractivity contribution in [2.45, 2.75) is 26.8 Å². The quantitative estimate of drug-likeness (QED) is 0.392. The third-order valence-corrected chi connectivity index (χ3v) is 5.91. The normalized spacial score (nSPS) is 10.9. The van der Waals surface area contributed by atoms with Gasteiger partial charge in [-0.3, -0.25) is 9.69 Å². The summed E-state index contributed by atoms with van der Waals surface area (Å²) in [7, 11) is 0. The van der Waals surface area contributed by atoms with Gasteiger partial charge in [-0.1, -0.05) is 35.0 Å². The number of rotatable bonds is 6. The van der Waals surface area contributed by atoms with E-state index in [0.717, 1.165) is 27.8 Å². The lowest BCUT2D eigenvalue weighted by Gasteiger charge is -2.18. The molecule has 2 heterocycles. The topological polar surface area (TPSA) is 76.8 Å². The highest BCUT2D eigenvalue weighted by Crippen LogP contribution is 2.29. The Bertz CT molecular complexity index is 1150. The summed E-state index contributed by atoms with van der Waals surface area (Å²) in [4.78, 5) is 20.1. The number of carbonyl (C=O) groups is 1. The molecule has 2 aromatic heterocycles. The van der Waals surface area contributed by atoms with Gasteiger partial charge in [0.2, 0.25) is 11.7 Å². The van der Waals surface area contributed by atoms with Crippen LogP contribution in [0.25, 0.3) is 11.4 Å². The molecular weight excluding hydrogens is 464 g/mol. The maximum Gasteiger partial charge on any atom is 0.230 e. The third-order valence-electron chi connectivity index (χ3n) is 4.51. The number of benzene rings is 2. The summed E-state index contributed by atoms with van der Waals surface area (Å²) in [6.07, 6.45) is 0.953. The molecule has 0 aliphatic heterocycles. The van der Waals surface area contributed by atoms with E-state index in [0.29, 0.717) is 17.5 Å². The van der Waals surface area contributed by atoms with Gasteiger partial charge in [0.15, 0.2) is 5.13 Å². The Balaban J connectivity index is 1.53. The van der Waals surface area contributed by atoms with Crippen LogP contribution in [0.15, 0.2) is 58.4 Å². The molecule has 152 valence electrons. The van der Waals surface area contributed by atoms with Gasteiger partial charge in [0.1, 0.15) is 6.54 Å². The fourth-order valence-corrected chi connectivity index (χ4v) is 4.09. The van der Waals surface area contributed by atoms with Gasteiger partial charge in [0.25, 0.3) is 0 Å². The monoisotopic (exact) mass is 482 g/mol. The van der Waals surface area contributed by atoms with Crippen LogP contribution in [-0.4, -0.2) is 31.1 Å².